The Kier molecular flexibility index (Phi) is 6.05. The molecule has 0 aliphatic heterocycles. The smallest absolute Gasteiger partial charge is 0.339 e. The zero-order valence-corrected chi connectivity index (χ0v) is 12.7. The van der Waals surface area contributed by atoms with Crippen LogP contribution in [-0.2, 0) is 14.3 Å². The van der Waals surface area contributed by atoms with Crippen molar-refractivity contribution in [3.8, 4) is 0 Å². The minimum absolute atomic E-state index is 0.00866. The Labute approximate surface area is 127 Å². The van der Waals surface area contributed by atoms with Crippen LogP contribution < -0.4 is 5.73 Å². The van der Waals surface area contributed by atoms with E-state index in [0.29, 0.717) is 5.56 Å². The molecule has 0 unspecified atom stereocenters. The largest absolute Gasteiger partial charge is 0.462 e. The summed E-state index contributed by atoms with van der Waals surface area (Å²) in [5.41, 5.74) is 5.42. The second kappa shape index (κ2) is 7.31. The first kappa shape index (κ1) is 16.5. The predicted octanol–water partition coefficient (Wildman–Crippen LogP) is 3.06. The highest BCUT2D eigenvalue weighted by atomic mass is 35.5. The normalized spacial score (nSPS) is 11.6. The molecule has 0 saturated heterocycles. The average Bonchev–Trinajstić information content (AvgIpc) is 2.36. The minimum atomic E-state index is -0.766. The molecule has 0 heterocycles. The van der Waals surface area contributed by atoms with E-state index < -0.39 is 11.9 Å². The first-order valence-electron chi connectivity index (χ1n) is 5.95. The van der Waals surface area contributed by atoms with Crippen molar-refractivity contribution in [1.82, 2.24) is 0 Å². The third-order valence-corrected chi connectivity index (χ3v) is 3.11. The Bertz CT molecular complexity index is 553. The van der Waals surface area contributed by atoms with Gasteiger partial charge in [0, 0.05) is 11.6 Å². The van der Waals surface area contributed by atoms with Gasteiger partial charge in [0.15, 0.2) is 0 Å². The molecule has 1 rings (SSSR count). The molecule has 0 saturated carbocycles. The van der Waals surface area contributed by atoms with Crippen LogP contribution in [0.1, 0.15) is 19.4 Å². The molecular weight excluding hydrogens is 301 g/mol. The summed E-state index contributed by atoms with van der Waals surface area (Å²) in [6.07, 6.45) is 0.986. The summed E-state index contributed by atoms with van der Waals surface area (Å²) in [6.45, 7) is 4.03. The number of benzene rings is 1. The topological polar surface area (TPSA) is 69.4 Å². The van der Waals surface area contributed by atoms with Gasteiger partial charge in [-0.25, -0.2) is 4.79 Å². The van der Waals surface area contributed by atoms with E-state index in [-0.39, 0.29) is 28.1 Å². The molecule has 4 nitrogen and oxygen atoms in total. The van der Waals surface area contributed by atoms with E-state index in [4.69, 9.17) is 33.7 Å². The van der Waals surface area contributed by atoms with E-state index in [2.05, 4.69) is 0 Å². The molecule has 0 radical (unpaired) electrons. The number of halogens is 2. The summed E-state index contributed by atoms with van der Waals surface area (Å²) in [6, 6.07) is 4.77. The van der Waals surface area contributed by atoms with Crippen molar-refractivity contribution in [1.29, 1.82) is 0 Å². The molecule has 1 aromatic rings. The highest BCUT2D eigenvalue weighted by molar-refractivity contribution is 6.44. The maximum atomic E-state index is 12.0. The zero-order chi connectivity index (χ0) is 15.3. The second-order valence-corrected chi connectivity index (χ2v) is 5.34. The van der Waals surface area contributed by atoms with E-state index in [9.17, 15) is 9.59 Å². The third kappa shape index (κ3) is 4.54. The first-order valence-corrected chi connectivity index (χ1v) is 6.71. The lowest BCUT2D eigenvalue weighted by atomic mass is 10.1. The van der Waals surface area contributed by atoms with Gasteiger partial charge in [-0.3, -0.25) is 4.79 Å². The number of esters is 1. The molecule has 6 heteroatoms. The maximum absolute atomic E-state index is 12.0. The van der Waals surface area contributed by atoms with Crippen molar-refractivity contribution in [2.45, 2.75) is 13.8 Å². The van der Waals surface area contributed by atoms with Gasteiger partial charge in [0.2, 0.25) is 5.91 Å². The fraction of sp³-hybridized carbons (Fsp3) is 0.286. The molecule has 0 spiro atoms. The Balaban J connectivity index is 3.17. The lowest BCUT2D eigenvalue weighted by Crippen LogP contribution is -2.15. The van der Waals surface area contributed by atoms with E-state index in [1.54, 1.807) is 18.2 Å². The summed E-state index contributed by atoms with van der Waals surface area (Å²) in [4.78, 5) is 23.1. The van der Waals surface area contributed by atoms with Crippen LogP contribution in [0.5, 0.6) is 0 Å². The van der Waals surface area contributed by atoms with Crippen LogP contribution in [0, 0.1) is 5.92 Å². The number of carbonyl (C=O) groups is 2. The van der Waals surface area contributed by atoms with Crippen LogP contribution >= 0.6 is 23.2 Å². The molecule has 2 N–H and O–H groups in total. The van der Waals surface area contributed by atoms with Crippen LogP contribution in [0.3, 0.4) is 0 Å². The standard InChI is InChI=1S/C14H15Cl2NO3/c1-8(2)7-20-14(19)10(6-12(17)18)9-4-3-5-11(15)13(9)16/h3-6,8H,7H2,1-2H3,(H2,17,18). The number of nitrogens with two attached hydrogens (primary N) is 1. The molecule has 0 aliphatic rings. The van der Waals surface area contributed by atoms with E-state index in [1.807, 2.05) is 13.8 Å². The van der Waals surface area contributed by atoms with Gasteiger partial charge in [0.05, 0.1) is 22.2 Å². The molecular formula is C14H15Cl2NO3. The molecule has 0 aliphatic carbocycles. The van der Waals surface area contributed by atoms with Crippen LogP contribution in [-0.4, -0.2) is 18.5 Å². The monoisotopic (exact) mass is 315 g/mol. The Morgan fingerprint density at radius 2 is 2.00 bits per heavy atom. The van der Waals surface area contributed by atoms with Crippen LogP contribution in [0.4, 0.5) is 0 Å². The highest BCUT2D eigenvalue weighted by Crippen LogP contribution is 2.31. The average molecular weight is 316 g/mol. The molecule has 0 aromatic heterocycles. The van der Waals surface area contributed by atoms with Crippen LogP contribution in [0.25, 0.3) is 5.57 Å². The lowest BCUT2D eigenvalue weighted by Gasteiger charge is -2.11. The van der Waals surface area contributed by atoms with Gasteiger partial charge in [-0.1, -0.05) is 49.2 Å². The number of rotatable bonds is 5. The van der Waals surface area contributed by atoms with Crippen molar-refractivity contribution in [2.24, 2.45) is 11.7 Å². The van der Waals surface area contributed by atoms with Gasteiger partial charge in [0.1, 0.15) is 0 Å². The summed E-state index contributed by atoms with van der Waals surface area (Å²) in [5, 5.41) is 0.444. The van der Waals surface area contributed by atoms with Crippen molar-refractivity contribution in [2.75, 3.05) is 6.61 Å². The Morgan fingerprint density at radius 3 is 2.55 bits per heavy atom. The molecule has 108 valence electrons. The Hall–Kier alpha value is -1.52. The fourth-order valence-electron chi connectivity index (χ4n) is 1.42. The van der Waals surface area contributed by atoms with Crippen molar-refractivity contribution in [3.63, 3.8) is 0 Å². The maximum Gasteiger partial charge on any atom is 0.339 e. The minimum Gasteiger partial charge on any atom is -0.462 e. The summed E-state index contributed by atoms with van der Waals surface area (Å²) < 4.78 is 5.10. The van der Waals surface area contributed by atoms with E-state index in [1.165, 1.54) is 0 Å². The van der Waals surface area contributed by atoms with Crippen LogP contribution in [0.2, 0.25) is 10.0 Å². The zero-order valence-electron chi connectivity index (χ0n) is 11.2. The molecule has 1 aromatic carbocycles. The number of carbonyl (C=O) groups excluding carboxylic acids is 2. The van der Waals surface area contributed by atoms with Crippen LogP contribution in [0.15, 0.2) is 24.3 Å². The first-order chi connectivity index (χ1) is 9.32. The molecule has 0 atom stereocenters. The van der Waals surface area contributed by atoms with E-state index in [0.717, 1.165) is 6.08 Å². The van der Waals surface area contributed by atoms with Gasteiger partial charge in [0.25, 0.3) is 0 Å². The SMILES string of the molecule is CC(C)COC(=O)C(=CC(N)=O)c1cccc(Cl)c1Cl. The molecule has 20 heavy (non-hydrogen) atoms. The number of amides is 1. The van der Waals surface area contributed by atoms with Gasteiger partial charge in [-0.2, -0.15) is 0 Å². The summed E-state index contributed by atoms with van der Waals surface area (Å²) in [7, 11) is 0. The quantitative estimate of drug-likeness (QED) is 0.670. The number of hydrogen-bond donors (Lipinski definition) is 1. The highest BCUT2D eigenvalue weighted by Gasteiger charge is 2.19. The lowest BCUT2D eigenvalue weighted by molar-refractivity contribution is -0.137. The third-order valence-electron chi connectivity index (χ3n) is 2.30. The fourth-order valence-corrected chi connectivity index (χ4v) is 1.82. The van der Waals surface area contributed by atoms with Gasteiger partial charge in [-0.15, -0.1) is 0 Å². The number of primary amides is 1. The molecule has 0 fully saturated rings. The summed E-state index contributed by atoms with van der Waals surface area (Å²) in [5.74, 6) is -1.26. The van der Waals surface area contributed by atoms with Gasteiger partial charge < -0.3 is 10.5 Å². The van der Waals surface area contributed by atoms with Crippen molar-refractivity contribution < 1.29 is 14.3 Å². The summed E-state index contributed by atoms with van der Waals surface area (Å²) >= 11 is 11.9. The molecule has 0 bridgehead atoms. The van der Waals surface area contributed by atoms with E-state index >= 15 is 0 Å². The molecule has 1 amide bonds. The Morgan fingerprint density at radius 1 is 1.35 bits per heavy atom. The second-order valence-electron chi connectivity index (χ2n) is 4.55. The van der Waals surface area contributed by atoms with Gasteiger partial charge >= 0.3 is 5.97 Å². The number of ether oxygens (including phenoxy) is 1. The van der Waals surface area contributed by atoms with Crippen molar-refractivity contribution in [3.05, 3.63) is 39.9 Å². The predicted molar refractivity (Wildman–Crippen MR) is 79.4 cm³/mol. The van der Waals surface area contributed by atoms with Crippen molar-refractivity contribution >= 4 is 40.7 Å². The van der Waals surface area contributed by atoms with Gasteiger partial charge in [-0.05, 0) is 12.0 Å². The number of hydrogen-bond acceptors (Lipinski definition) is 3.